The van der Waals surface area contributed by atoms with Crippen LogP contribution in [0.2, 0.25) is 5.02 Å². The van der Waals surface area contributed by atoms with E-state index in [-0.39, 0.29) is 16.5 Å². The van der Waals surface area contributed by atoms with Gasteiger partial charge in [-0.3, -0.25) is 9.59 Å². The summed E-state index contributed by atoms with van der Waals surface area (Å²) >= 11 is 6.99. The first-order valence-electron chi connectivity index (χ1n) is 7.94. The van der Waals surface area contributed by atoms with Gasteiger partial charge >= 0.3 is 5.97 Å². The average molecular weight is 412 g/mol. The van der Waals surface area contributed by atoms with Crippen LogP contribution in [-0.4, -0.2) is 37.4 Å². The second-order valence-corrected chi connectivity index (χ2v) is 6.91. The summed E-state index contributed by atoms with van der Waals surface area (Å²) in [5.41, 5.74) is -0.0748. The van der Waals surface area contributed by atoms with E-state index in [2.05, 4.69) is 5.32 Å². The summed E-state index contributed by atoms with van der Waals surface area (Å²) in [6.45, 7) is 0.463. The van der Waals surface area contributed by atoms with Gasteiger partial charge in [0.25, 0.3) is 5.91 Å². The Morgan fingerprint density at radius 1 is 1.15 bits per heavy atom. The molecule has 1 heterocycles. The van der Waals surface area contributed by atoms with Crippen LogP contribution in [0, 0.1) is 5.82 Å². The van der Waals surface area contributed by atoms with E-state index in [9.17, 15) is 14.0 Å². The first-order chi connectivity index (χ1) is 13.0. The van der Waals surface area contributed by atoms with Crippen LogP contribution in [0.1, 0.15) is 0 Å². The summed E-state index contributed by atoms with van der Waals surface area (Å²) < 4.78 is 29.4. The molecule has 1 aliphatic heterocycles. The van der Waals surface area contributed by atoms with Gasteiger partial charge in [-0.2, -0.15) is 0 Å². The number of nitrogens with one attached hydrogen (secondary N) is 1. The van der Waals surface area contributed by atoms with Crippen molar-refractivity contribution < 1.29 is 28.2 Å². The molecule has 27 heavy (non-hydrogen) atoms. The fourth-order valence-electron chi connectivity index (χ4n) is 2.22. The molecule has 142 valence electrons. The Labute approximate surface area is 163 Å². The molecule has 2 aromatic carbocycles. The number of amides is 1. The van der Waals surface area contributed by atoms with Gasteiger partial charge in [-0.05, 0) is 36.4 Å². The van der Waals surface area contributed by atoms with Crippen molar-refractivity contribution in [3.05, 3.63) is 47.2 Å². The number of anilines is 1. The Hall–Kier alpha value is -2.45. The zero-order valence-electron chi connectivity index (χ0n) is 14.0. The van der Waals surface area contributed by atoms with Gasteiger partial charge in [0, 0.05) is 9.92 Å². The number of rotatable bonds is 6. The summed E-state index contributed by atoms with van der Waals surface area (Å²) in [6, 6.07) is 9.13. The summed E-state index contributed by atoms with van der Waals surface area (Å²) in [7, 11) is 0. The Kier molecular flexibility index (Phi) is 6.41. The second-order valence-electron chi connectivity index (χ2n) is 5.43. The van der Waals surface area contributed by atoms with E-state index in [0.29, 0.717) is 24.7 Å². The standard InChI is InChI=1S/C18H15ClFNO5S/c19-11-1-3-13(20)14(7-11)21-17(22)9-26-18(23)10-27-12-2-4-15-16(8-12)25-6-5-24-15/h1-4,7-8H,5-6,9-10H2,(H,21,22). The van der Waals surface area contributed by atoms with Gasteiger partial charge in [-0.1, -0.05) is 11.6 Å². The molecule has 0 unspecified atom stereocenters. The van der Waals surface area contributed by atoms with Crippen LogP contribution in [0.3, 0.4) is 0 Å². The minimum atomic E-state index is -0.658. The van der Waals surface area contributed by atoms with Crippen molar-refractivity contribution in [2.45, 2.75) is 4.90 Å². The number of carbonyl (C=O) groups excluding carboxylic acids is 2. The third-order valence-corrected chi connectivity index (χ3v) is 4.64. The minimum Gasteiger partial charge on any atom is -0.486 e. The lowest BCUT2D eigenvalue weighted by Crippen LogP contribution is -2.22. The number of esters is 1. The van der Waals surface area contributed by atoms with Crippen LogP contribution in [0.15, 0.2) is 41.3 Å². The summed E-state index contributed by atoms with van der Waals surface area (Å²) in [4.78, 5) is 24.4. The van der Waals surface area contributed by atoms with Crippen LogP contribution in [-0.2, 0) is 14.3 Å². The molecule has 0 bridgehead atoms. The number of hydrogen-bond acceptors (Lipinski definition) is 6. The molecule has 2 aromatic rings. The summed E-state index contributed by atoms with van der Waals surface area (Å²) in [5, 5.41) is 2.58. The molecule has 0 fully saturated rings. The first kappa shape index (κ1) is 19.3. The number of hydrogen-bond donors (Lipinski definition) is 1. The van der Waals surface area contributed by atoms with Crippen molar-refractivity contribution in [1.29, 1.82) is 0 Å². The Morgan fingerprint density at radius 2 is 1.93 bits per heavy atom. The summed E-state index contributed by atoms with van der Waals surface area (Å²) in [6.07, 6.45) is 0. The fourth-order valence-corrected chi connectivity index (χ4v) is 3.12. The molecule has 6 nitrogen and oxygen atoms in total. The highest BCUT2D eigenvalue weighted by Crippen LogP contribution is 2.34. The molecule has 1 amide bonds. The van der Waals surface area contributed by atoms with Crippen molar-refractivity contribution in [2.24, 2.45) is 0 Å². The van der Waals surface area contributed by atoms with Gasteiger partial charge in [0.2, 0.25) is 0 Å². The Bertz CT molecular complexity index is 864. The lowest BCUT2D eigenvalue weighted by atomic mass is 10.3. The largest absolute Gasteiger partial charge is 0.486 e. The smallest absolute Gasteiger partial charge is 0.316 e. The number of halogens is 2. The topological polar surface area (TPSA) is 73.9 Å². The number of ether oxygens (including phenoxy) is 3. The number of thioether (sulfide) groups is 1. The van der Waals surface area contributed by atoms with E-state index in [1.54, 1.807) is 18.2 Å². The van der Waals surface area contributed by atoms with E-state index >= 15 is 0 Å². The van der Waals surface area contributed by atoms with Crippen molar-refractivity contribution >= 4 is 40.9 Å². The quantitative estimate of drug-likeness (QED) is 0.579. The van der Waals surface area contributed by atoms with Gasteiger partial charge in [0.15, 0.2) is 18.1 Å². The van der Waals surface area contributed by atoms with Crippen molar-refractivity contribution in [1.82, 2.24) is 0 Å². The molecule has 9 heteroatoms. The maximum atomic E-state index is 13.6. The first-order valence-corrected chi connectivity index (χ1v) is 9.30. The van der Waals surface area contributed by atoms with Crippen molar-refractivity contribution in [3.8, 4) is 11.5 Å². The Balaban J connectivity index is 1.44. The lowest BCUT2D eigenvalue weighted by molar-refractivity contribution is -0.144. The minimum absolute atomic E-state index is 0.0124. The predicted octanol–water partition coefficient (Wildman–Crippen LogP) is 3.52. The molecule has 0 aromatic heterocycles. The lowest BCUT2D eigenvalue weighted by Gasteiger charge is -2.18. The molecule has 3 rings (SSSR count). The average Bonchev–Trinajstić information content (AvgIpc) is 2.67. The molecular formula is C18H15ClFNO5S. The molecular weight excluding hydrogens is 397 g/mol. The summed E-state index contributed by atoms with van der Waals surface area (Å²) in [5.74, 6) is -0.558. The zero-order chi connectivity index (χ0) is 19.2. The van der Waals surface area contributed by atoms with E-state index in [4.69, 9.17) is 25.8 Å². The van der Waals surface area contributed by atoms with Crippen LogP contribution in [0.25, 0.3) is 0 Å². The number of benzene rings is 2. The SMILES string of the molecule is O=C(COC(=O)CSc1ccc2c(c1)OCCO2)Nc1cc(Cl)ccc1F. The third-order valence-electron chi connectivity index (χ3n) is 3.44. The normalized spacial score (nSPS) is 12.4. The van der Waals surface area contributed by atoms with Crippen LogP contribution < -0.4 is 14.8 Å². The molecule has 0 aliphatic carbocycles. The van der Waals surface area contributed by atoms with Gasteiger partial charge in [-0.15, -0.1) is 11.8 Å². The van der Waals surface area contributed by atoms with E-state index in [0.717, 1.165) is 11.0 Å². The fraction of sp³-hybridized carbons (Fsp3) is 0.222. The molecule has 0 radical (unpaired) electrons. The highest BCUT2D eigenvalue weighted by atomic mass is 35.5. The van der Waals surface area contributed by atoms with Crippen LogP contribution in [0.5, 0.6) is 11.5 Å². The maximum absolute atomic E-state index is 13.6. The predicted molar refractivity (Wildman–Crippen MR) is 99.2 cm³/mol. The van der Waals surface area contributed by atoms with Crippen LogP contribution >= 0.6 is 23.4 Å². The van der Waals surface area contributed by atoms with E-state index in [1.807, 2.05) is 0 Å². The number of carbonyl (C=O) groups is 2. The van der Waals surface area contributed by atoms with Crippen molar-refractivity contribution in [3.63, 3.8) is 0 Å². The van der Waals surface area contributed by atoms with E-state index in [1.165, 1.54) is 23.9 Å². The van der Waals surface area contributed by atoms with Crippen LogP contribution in [0.4, 0.5) is 10.1 Å². The van der Waals surface area contributed by atoms with Gasteiger partial charge < -0.3 is 19.5 Å². The molecule has 1 N–H and O–H groups in total. The number of fused-ring (bicyclic) bond motifs is 1. The monoisotopic (exact) mass is 411 g/mol. The molecule has 0 saturated carbocycles. The van der Waals surface area contributed by atoms with Crippen molar-refractivity contribution in [2.75, 3.05) is 30.9 Å². The molecule has 0 atom stereocenters. The second kappa shape index (κ2) is 8.96. The Morgan fingerprint density at radius 3 is 2.74 bits per heavy atom. The van der Waals surface area contributed by atoms with Gasteiger partial charge in [-0.25, -0.2) is 4.39 Å². The maximum Gasteiger partial charge on any atom is 0.316 e. The highest BCUT2D eigenvalue weighted by molar-refractivity contribution is 8.00. The van der Waals surface area contributed by atoms with Gasteiger partial charge in [0.1, 0.15) is 19.0 Å². The molecule has 0 saturated heterocycles. The third kappa shape index (κ3) is 5.51. The molecule has 0 spiro atoms. The molecule has 1 aliphatic rings. The highest BCUT2D eigenvalue weighted by Gasteiger charge is 2.14. The zero-order valence-corrected chi connectivity index (χ0v) is 15.6. The van der Waals surface area contributed by atoms with E-state index < -0.39 is 24.3 Å². The van der Waals surface area contributed by atoms with Gasteiger partial charge in [0.05, 0.1) is 11.4 Å².